The summed E-state index contributed by atoms with van der Waals surface area (Å²) >= 11 is -1.50. The molecule has 1 heterocycles. The maximum atomic E-state index is 13.1. The lowest BCUT2D eigenvalue weighted by molar-refractivity contribution is -0.284. The van der Waals surface area contributed by atoms with Crippen LogP contribution < -0.4 is 9.47 Å². The van der Waals surface area contributed by atoms with Crippen LogP contribution in [0.2, 0.25) is 0 Å². The zero-order chi connectivity index (χ0) is 32.0. The van der Waals surface area contributed by atoms with Gasteiger partial charge in [0.15, 0.2) is 0 Å². The van der Waals surface area contributed by atoms with Crippen molar-refractivity contribution in [3.8, 4) is 23.0 Å². The Kier molecular flexibility index (Phi) is 10.9. The zero-order valence-corrected chi connectivity index (χ0v) is 25.2. The summed E-state index contributed by atoms with van der Waals surface area (Å²) in [6.45, 7) is 2.95. The molecule has 1 aliphatic rings. The second-order valence-corrected chi connectivity index (χ2v) is 13.1. The number of hydrogen-bond donors (Lipinski definition) is 2. The molecule has 1 aliphatic heterocycles. The number of phenols is 2. The molecule has 0 aliphatic carbocycles. The molecule has 2 N–H and O–H groups in total. The molecule has 0 radical (unpaired) electrons. The lowest BCUT2D eigenvalue weighted by atomic mass is 9.66. The van der Waals surface area contributed by atoms with Gasteiger partial charge in [0.2, 0.25) is 0 Å². The molecule has 240 valence electrons. The number of fused-ring (bicyclic) bond motifs is 1. The van der Waals surface area contributed by atoms with Crippen molar-refractivity contribution in [2.24, 2.45) is 0 Å². The molecule has 0 saturated carbocycles. The molecule has 0 amide bonds. The van der Waals surface area contributed by atoms with Gasteiger partial charge in [-0.05, 0) is 73.1 Å². The van der Waals surface area contributed by atoms with Crippen LogP contribution in [0, 0.1) is 0 Å². The van der Waals surface area contributed by atoms with E-state index >= 15 is 0 Å². The fraction of sp³-hybridized carbons (Fsp3) is 0.455. The lowest BCUT2D eigenvalue weighted by Gasteiger charge is -2.43. The zero-order valence-electron chi connectivity index (χ0n) is 24.4. The lowest BCUT2D eigenvalue weighted by Crippen LogP contribution is -2.40. The molecule has 3 unspecified atom stereocenters. The molecule has 3 aromatic carbocycles. The third-order valence-electron chi connectivity index (χ3n) is 8.16. The predicted octanol–water partition coefficient (Wildman–Crippen LogP) is 8.05. The first-order chi connectivity index (χ1) is 20.8. The van der Waals surface area contributed by atoms with Crippen LogP contribution in [0.25, 0.3) is 0 Å². The van der Waals surface area contributed by atoms with Crippen molar-refractivity contribution in [1.82, 2.24) is 0 Å². The van der Waals surface area contributed by atoms with Crippen molar-refractivity contribution < 1.29 is 46.2 Å². The van der Waals surface area contributed by atoms with Crippen molar-refractivity contribution in [3.05, 3.63) is 83.4 Å². The van der Waals surface area contributed by atoms with Crippen molar-refractivity contribution in [1.29, 1.82) is 0 Å². The molecular weight excluding hydrogens is 603 g/mol. The van der Waals surface area contributed by atoms with Crippen molar-refractivity contribution in [3.63, 3.8) is 0 Å². The topological polar surface area (TPSA) is 82.0 Å². The van der Waals surface area contributed by atoms with E-state index in [1.807, 2.05) is 42.5 Å². The van der Waals surface area contributed by atoms with Gasteiger partial charge in [0.05, 0.1) is 13.2 Å². The van der Waals surface area contributed by atoms with E-state index in [1.54, 1.807) is 24.3 Å². The van der Waals surface area contributed by atoms with Crippen LogP contribution >= 0.6 is 0 Å². The maximum absolute atomic E-state index is 13.1. The minimum atomic E-state index is -5.59. The van der Waals surface area contributed by atoms with Crippen LogP contribution in [-0.4, -0.2) is 51.6 Å². The van der Waals surface area contributed by atoms with Gasteiger partial charge < -0.3 is 24.2 Å². The van der Waals surface area contributed by atoms with Crippen LogP contribution in [0.15, 0.2) is 66.7 Å². The molecule has 11 heteroatoms. The Morgan fingerprint density at radius 3 is 2.34 bits per heavy atom. The van der Waals surface area contributed by atoms with Crippen LogP contribution in [0.5, 0.6) is 23.0 Å². The molecule has 0 fully saturated rings. The summed E-state index contributed by atoms with van der Waals surface area (Å²) < 4.78 is 87.6. The quantitative estimate of drug-likeness (QED) is 0.106. The van der Waals surface area contributed by atoms with Gasteiger partial charge in [-0.3, -0.25) is 0 Å². The highest BCUT2D eigenvalue weighted by molar-refractivity contribution is 7.91. The molecule has 0 saturated heterocycles. The molecule has 3 atom stereocenters. The van der Waals surface area contributed by atoms with Gasteiger partial charge in [-0.2, -0.15) is 22.0 Å². The first-order valence-corrected chi connectivity index (χ1v) is 16.0. The maximum Gasteiger partial charge on any atom is 0.453 e. The Balaban J connectivity index is 1.31. The highest BCUT2D eigenvalue weighted by Crippen LogP contribution is 2.49. The number of aromatic hydroxyl groups is 2. The number of para-hydroxylation sites is 1. The fourth-order valence-corrected chi connectivity index (χ4v) is 6.79. The van der Waals surface area contributed by atoms with Gasteiger partial charge in [0.1, 0.15) is 34.5 Å². The summed E-state index contributed by atoms with van der Waals surface area (Å²) in [5, 5.41) is 19.8. The third-order valence-corrected chi connectivity index (χ3v) is 9.65. The summed E-state index contributed by atoms with van der Waals surface area (Å²) in [5.74, 6) is -3.11. The minimum absolute atomic E-state index is 0.0429. The molecular formula is C33H37F5O5S. The number of phenolic OH excluding ortho intramolecular Hbond substituents is 2. The van der Waals surface area contributed by atoms with Gasteiger partial charge in [-0.15, -0.1) is 0 Å². The molecule has 4 rings (SSSR count). The summed E-state index contributed by atoms with van der Waals surface area (Å²) in [4.78, 5) is 0. The molecule has 5 nitrogen and oxygen atoms in total. The van der Waals surface area contributed by atoms with E-state index in [2.05, 4.69) is 6.92 Å². The fourth-order valence-electron chi connectivity index (χ4n) is 5.65. The Bertz CT molecular complexity index is 1370. The number of hydrogen-bond acceptors (Lipinski definition) is 5. The van der Waals surface area contributed by atoms with E-state index in [0.29, 0.717) is 44.0 Å². The van der Waals surface area contributed by atoms with Crippen molar-refractivity contribution in [2.45, 2.75) is 68.9 Å². The van der Waals surface area contributed by atoms with E-state index in [1.165, 1.54) is 0 Å². The summed E-state index contributed by atoms with van der Waals surface area (Å²) in [5.41, 5.74) is 2.51. The van der Waals surface area contributed by atoms with E-state index in [4.69, 9.17) is 9.47 Å². The van der Waals surface area contributed by atoms with E-state index in [-0.39, 0.29) is 28.9 Å². The SMILES string of the molecule is CC1(c2ccc(O)cc2)COc2cc(O)ccc2C1CCCOc1ccccc1CCC[S+]([O-])CCCC(F)(F)C(F)(F)F. The second-order valence-electron chi connectivity index (χ2n) is 11.4. The first-order valence-electron chi connectivity index (χ1n) is 14.6. The average Bonchev–Trinajstić information content (AvgIpc) is 2.96. The summed E-state index contributed by atoms with van der Waals surface area (Å²) in [6.07, 6.45) is -4.97. The Morgan fingerprint density at radius 1 is 0.932 bits per heavy atom. The van der Waals surface area contributed by atoms with E-state index in [9.17, 15) is 36.7 Å². The molecule has 0 bridgehead atoms. The number of ether oxygens (including phenoxy) is 2. The van der Waals surface area contributed by atoms with Gasteiger partial charge >= 0.3 is 12.1 Å². The number of halogens is 5. The molecule has 0 spiro atoms. The van der Waals surface area contributed by atoms with Gasteiger partial charge in [0.25, 0.3) is 0 Å². The Morgan fingerprint density at radius 2 is 1.61 bits per heavy atom. The number of benzene rings is 3. The third kappa shape index (κ3) is 8.29. The van der Waals surface area contributed by atoms with Crippen molar-refractivity contribution in [2.75, 3.05) is 24.7 Å². The van der Waals surface area contributed by atoms with E-state index < -0.39 is 41.5 Å². The van der Waals surface area contributed by atoms with Gasteiger partial charge in [-0.25, -0.2) is 0 Å². The molecule has 44 heavy (non-hydrogen) atoms. The van der Waals surface area contributed by atoms with Gasteiger partial charge in [0, 0.05) is 23.8 Å². The average molecular weight is 641 g/mol. The van der Waals surface area contributed by atoms with Crippen LogP contribution in [0.1, 0.15) is 61.6 Å². The number of rotatable bonds is 14. The minimum Gasteiger partial charge on any atom is -0.616 e. The standard InChI is InChI=1S/C33H37F5O5S/c1-31(24-11-13-25(39)14-12-24)22-43-30-21-26(40)15-16-27(30)28(31)9-4-18-42-29-10-3-2-7-23(29)8-5-19-44(41)20-6-17-32(34,35)33(36,37)38/h2-3,7,10-16,21,28,39-40H,4-6,8-9,17-20,22H2,1H3. The highest BCUT2D eigenvalue weighted by Gasteiger charge is 2.56. The molecule has 3 aromatic rings. The number of alkyl halides is 5. The van der Waals surface area contributed by atoms with E-state index in [0.717, 1.165) is 23.1 Å². The van der Waals surface area contributed by atoms with Crippen LogP contribution in [0.4, 0.5) is 22.0 Å². The van der Waals surface area contributed by atoms with Crippen molar-refractivity contribution >= 4 is 11.2 Å². The smallest absolute Gasteiger partial charge is 0.453 e. The second kappa shape index (κ2) is 14.3. The summed E-state index contributed by atoms with van der Waals surface area (Å²) in [7, 11) is 0. The van der Waals surface area contributed by atoms with Crippen LogP contribution in [0.3, 0.4) is 0 Å². The number of aryl methyl sites for hydroxylation is 1. The highest BCUT2D eigenvalue weighted by atomic mass is 32.2. The first kappa shape index (κ1) is 33.7. The molecule has 0 aromatic heterocycles. The Hall–Kier alpha value is -3.18. The van der Waals surface area contributed by atoms with Gasteiger partial charge in [-0.1, -0.05) is 54.5 Å². The largest absolute Gasteiger partial charge is 0.616 e. The van der Waals surface area contributed by atoms with Crippen LogP contribution in [-0.2, 0) is 23.0 Å². The predicted molar refractivity (Wildman–Crippen MR) is 159 cm³/mol. The normalized spacial score (nSPS) is 19.2. The monoisotopic (exact) mass is 640 g/mol. The Labute approximate surface area is 257 Å². The summed E-state index contributed by atoms with van der Waals surface area (Å²) in [6, 6.07) is 19.7.